The molecule has 0 bridgehead atoms. The third kappa shape index (κ3) is 6.55. The van der Waals surface area contributed by atoms with Gasteiger partial charge in [-0.15, -0.1) is 0 Å². The fraction of sp³-hybridized carbons (Fsp3) is 0.636. The van der Waals surface area contributed by atoms with E-state index in [2.05, 4.69) is 5.32 Å². The molecule has 1 heterocycles. The zero-order chi connectivity index (χ0) is 24.4. The van der Waals surface area contributed by atoms with Gasteiger partial charge in [-0.2, -0.15) is 0 Å². The molecule has 0 aromatic heterocycles. The van der Waals surface area contributed by atoms with Gasteiger partial charge in [0.15, 0.2) is 6.10 Å². The van der Waals surface area contributed by atoms with Crippen molar-refractivity contribution in [2.75, 3.05) is 5.32 Å². The molecule has 5 atom stereocenters. The highest BCUT2D eigenvalue weighted by Crippen LogP contribution is 2.32. The van der Waals surface area contributed by atoms with Crippen LogP contribution < -0.4 is 10.1 Å². The Morgan fingerprint density at radius 3 is 2.19 bits per heavy atom. The molecular formula is C22H33NO9. The van der Waals surface area contributed by atoms with Crippen LogP contribution in [-0.2, 0) is 25.7 Å². The van der Waals surface area contributed by atoms with Crippen molar-refractivity contribution in [3.05, 3.63) is 23.8 Å². The van der Waals surface area contributed by atoms with Gasteiger partial charge in [0.05, 0.1) is 11.1 Å². The van der Waals surface area contributed by atoms with Crippen LogP contribution in [0, 0.1) is 5.41 Å². The predicted molar refractivity (Wildman–Crippen MR) is 114 cm³/mol. The molecule has 5 unspecified atom stereocenters. The Morgan fingerprint density at radius 2 is 1.66 bits per heavy atom. The molecular weight excluding hydrogens is 422 g/mol. The number of hydrogen-bond donors (Lipinski definition) is 5. The smallest absolute Gasteiger partial charge is 0.335 e. The number of carbonyl (C=O) groups is 2. The Bertz CT molecular complexity index is 828. The van der Waals surface area contributed by atoms with Gasteiger partial charge in [-0.05, 0) is 59.2 Å². The summed E-state index contributed by atoms with van der Waals surface area (Å²) < 4.78 is 16.3. The minimum absolute atomic E-state index is 0.0315. The molecule has 1 fully saturated rings. The second kappa shape index (κ2) is 9.62. The number of aliphatic hydroxyl groups is 3. The van der Waals surface area contributed by atoms with E-state index >= 15 is 0 Å². The van der Waals surface area contributed by atoms with E-state index in [0.29, 0.717) is 11.3 Å². The summed E-state index contributed by atoms with van der Waals surface area (Å²) in [6, 6.07) is 4.90. The van der Waals surface area contributed by atoms with Crippen LogP contribution >= 0.6 is 0 Å². The van der Waals surface area contributed by atoms with Crippen LogP contribution in [0.25, 0.3) is 0 Å². The highest BCUT2D eigenvalue weighted by atomic mass is 16.7. The molecule has 1 aromatic rings. The number of ether oxygens (including phenoxy) is 3. The van der Waals surface area contributed by atoms with Crippen LogP contribution in [-0.4, -0.2) is 68.6 Å². The second-order valence-electron chi connectivity index (χ2n) is 9.88. The maximum Gasteiger partial charge on any atom is 0.335 e. The minimum Gasteiger partial charge on any atom is -0.479 e. The number of aliphatic carboxylic acids is 1. The first-order valence-corrected chi connectivity index (χ1v) is 10.3. The van der Waals surface area contributed by atoms with Crippen molar-refractivity contribution < 1.29 is 44.2 Å². The van der Waals surface area contributed by atoms with Gasteiger partial charge >= 0.3 is 11.9 Å². The van der Waals surface area contributed by atoms with E-state index < -0.39 is 47.6 Å². The van der Waals surface area contributed by atoms with Crippen molar-refractivity contribution in [3.63, 3.8) is 0 Å². The summed E-state index contributed by atoms with van der Waals surface area (Å²) in [6.45, 7) is 11.0. The Labute approximate surface area is 187 Å². The van der Waals surface area contributed by atoms with Gasteiger partial charge in [0.1, 0.15) is 30.7 Å². The molecule has 10 heteroatoms. The number of anilines is 1. The monoisotopic (exact) mass is 455 g/mol. The lowest BCUT2D eigenvalue weighted by Crippen LogP contribution is -2.61. The molecule has 1 saturated heterocycles. The summed E-state index contributed by atoms with van der Waals surface area (Å²) in [5.41, 5.74) is 0.107. The summed E-state index contributed by atoms with van der Waals surface area (Å²) in [5.74, 6) is -1.64. The van der Waals surface area contributed by atoms with Crippen molar-refractivity contribution >= 4 is 17.6 Å². The number of carbonyl (C=O) groups excluding carboxylic acids is 1. The fourth-order valence-electron chi connectivity index (χ4n) is 2.91. The maximum absolute atomic E-state index is 12.1. The molecule has 2 rings (SSSR count). The topological polar surface area (TPSA) is 155 Å². The van der Waals surface area contributed by atoms with Gasteiger partial charge in [-0.1, -0.05) is 6.07 Å². The first kappa shape index (κ1) is 25.9. The van der Waals surface area contributed by atoms with Crippen LogP contribution in [0.5, 0.6) is 5.75 Å². The molecule has 0 radical (unpaired) electrons. The molecule has 5 N–H and O–H groups in total. The van der Waals surface area contributed by atoms with E-state index in [1.165, 1.54) is 0 Å². The van der Waals surface area contributed by atoms with E-state index in [1.54, 1.807) is 39.0 Å². The number of carboxylic acids is 1. The summed E-state index contributed by atoms with van der Waals surface area (Å²) in [6.07, 6.45) is -8.58. The minimum atomic E-state index is -1.81. The average molecular weight is 456 g/mol. The molecule has 0 amide bonds. The molecule has 180 valence electrons. The Morgan fingerprint density at radius 1 is 1.03 bits per heavy atom. The van der Waals surface area contributed by atoms with Crippen LogP contribution in [0.3, 0.4) is 0 Å². The number of esters is 1. The third-order valence-corrected chi connectivity index (χ3v) is 4.59. The van der Waals surface area contributed by atoms with E-state index in [-0.39, 0.29) is 18.3 Å². The summed E-state index contributed by atoms with van der Waals surface area (Å²) >= 11 is 0. The number of aliphatic hydroxyl groups excluding tert-OH is 3. The lowest BCUT2D eigenvalue weighted by atomic mass is 9.97. The molecule has 10 nitrogen and oxygen atoms in total. The highest BCUT2D eigenvalue weighted by Gasteiger charge is 2.48. The quantitative estimate of drug-likeness (QED) is 0.396. The van der Waals surface area contributed by atoms with E-state index in [1.807, 2.05) is 20.8 Å². The molecule has 0 spiro atoms. The van der Waals surface area contributed by atoms with E-state index in [0.717, 1.165) is 0 Å². The maximum atomic E-state index is 12.1. The molecule has 0 saturated carbocycles. The van der Waals surface area contributed by atoms with Gasteiger partial charge in [-0.3, -0.25) is 4.79 Å². The number of benzene rings is 1. The van der Waals surface area contributed by atoms with Gasteiger partial charge < -0.3 is 40.0 Å². The normalized spacial score (nSPS) is 26.3. The van der Waals surface area contributed by atoms with Gasteiger partial charge in [0.25, 0.3) is 0 Å². The summed E-state index contributed by atoms with van der Waals surface area (Å²) in [7, 11) is 0. The number of rotatable bonds is 6. The van der Waals surface area contributed by atoms with Crippen LogP contribution in [0.15, 0.2) is 18.2 Å². The van der Waals surface area contributed by atoms with E-state index in [9.17, 15) is 30.0 Å². The lowest BCUT2D eigenvalue weighted by Gasteiger charge is -2.38. The predicted octanol–water partition coefficient (Wildman–Crippen LogP) is 1.26. The van der Waals surface area contributed by atoms with Gasteiger partial charge in [-0.25, -0.2) is 4.79 Å². The first-order chi connectivity index (χ1) is 14.6. The Hall–Kier alpha value is -2.40. The van der Waals surface area contributed by atoms with Crippen LogP contribution in [0.2, 0.25) is 0 Å². The van der Waals surface area contributed by atoms with Crippen molar-refractivity contribution in [1.29, 1.82) is 0 Å². The zero-order valence-corrected chi connectivity index (χ0v) is 19.2. The Kier molecular flexibility index (Phi) is 7.77. The second-order valence-corrected chi connectivity index (χ2v) is 9.88. The van der Waals surface area contributed by atoms with Crippen molar-refractivity contribution in [2.45, 2.75) is 84.4 Å². The third-order valence-electron chi connectivity index (χ3n) is 4.59. The summed E-state index contributed by atoms with van der Waals surface area (Å²) in [5, 5.41) is 42.5. The SMILES string of the molecule is CC(C)(C)Nc1cc(COC(=O)C(C)(C)C)ccc1OC1OC(C(=O)O)C(O)C(O)C1O. The van der Waals surface area contributed by atoms with E-state index in [4.69, 9.17) is 14.2 Å². The molecule has 1 aliphatic heterocycles. The molecule has 32 heavy (non-hydrogen) atoms. The molecule has 0 aliphatic carbocycles. The van der Waals surface area contributed by atoms with Gasteiger partial charge in [0.2, 0.25) is 6.29 Å². The van der Waals surface area contributed by atoms with Crippen molar-refractivity contribution in [2.24, 2.45) is 5.41 Å². The van der Waals surface area contributed by atoms with Crippen molar-refractivity contribution in [3.8, 4) is 5.75 Å². The molecule has 1 aliphatic rings. The highest BCUT2D eigenvalue weighted by molar-refractivity contribution is 5.75. The van der Waals surface area contributed by atoms with Crippen LogP contribution in [0.4, 0.5) is 5.69 Å². The summed E-state index contributed by atoms with van der Waals surface area (Å²) in [4.78, 5) is 23.4. The standard InChI is InChI=1S/C22H33NO9/c1-21(2,3)20(29)30-10-11-7-8-13(12(9-11)23-22(4,5)6)31-19-16(26)14(24)15(25)17(32-19)18(27)28/h7-9,14-17,19,23-26H,10H2,1-6H3,(H,27,28). The van der Waals surface area contributed by atoms with Crippen molar-refractivity contribution in [1.82, 2.24) is 0 Å². The fourth-order valence-corrected chi connectivity index (χ4v) is 2.91. The van der Waals surface area contributed by atoms with Crippen LogP contribution in [0.1, 0.15) is 47.1 Å². The Balaban J connectivity index is 2.27. The number of nitrogens with one attached hydrogen (secondary N) is 1. The zero-order valence-electron chi connectivity index (χ0n) is 19.2. The number of hydrogen-bond acceptors (Lipinski definition) is 9. The van der Waals surface area contributed by atoms with Gasteiger partial charge in [0, 0.05) is 5.54 Å². The molecule has 1 aromatic carbocycles. The lowest BCUT2D eigenvalue weighted by molar-refractivity contribution is -0.271. The number of carboxylic acid groups (broad SMARTS) is 1. The first-order valence-electron chi connectivity index (χ1n) is 10.3. The largest absolute Gasteiger partial charge is 0.479 e. The average Bonchev–Trinajstić information content (AvgIpc) is 2.65.